The van der Waals surface area contributed by atoms with Crippen molar-refractivity contribution in [3.8, 4) is 17.6 Å². The van der Waals surface area contributed by atoms with Crippen molar-refractivity contribution in [3.05, 3.63) is 66.2 Å². The van der Waals surface area contributed by atoms with Gasteiger partial charge in [-0.05, 0) is 42.9 Å². The number of benzene rings is 2. The first-order valence-electron chi connectivity index (χ1n) is 8.44. The summed E-state index contributed by atoms with van der Waals surface area (Å²) in [5.74, 6) is 1.09. The molecule has 2 atom stereocenters. The van der Waals surface area contributed by atoms with E-state index in [0.29, 0.717) is 30.2 Å². The molecule has 0 bridgehead atoms. The zero-order chi connectivity index (χ0) is 19.4. The third-order valence-electron chi connectivity index (χ3n) is 4.29. The Balaban J connectivity index is 1.97. The minimum atomic E-state index is -3.76. The fraction of sp³-hybridized carbons (Fsp3) is 0.250. The molecular formula is C20H20N2O4S. The number of ether oxygens (including phenoxy) is 2. The van der Waals surface area contributed by atoms with Crippen LogP contribution in [0, 0.1) is 11.3 Å². The van der Waals surface area contributed by atoms with E-state index in [1.807, 2.05) is 13.1 Å². The average molecular weight is 384 g/mol. The third-order valence-corrected chi connectivity index (χ3v) is 6.33. The van der Waals surface area contributed by atoms with Gasteiger partial charge in [0.1, 0.15) is 18.0 Å². The number of rotatable bonds is 6. The van der Waals surface area contributed by atoms with Gasteiger partial charge in [-0.15, -0.1) is 6.58 Å². The Kier molecular flexibility index (Phi) is 5.49. The Morgan fingerprint density at radius 3 is 2.85 bits per heavy atom. The first kappa shape index (κ1) is 19.0. The number of nitrogens with one attached hydrogen (secondary N) is 1. The van der Waals surface area contributed by atoms with Crippen molar-refractivity contribution in [1.29, 1.82) is 5.26 Å². The second kappa shape index (κ2) is 7.82. The maximum atomic E-state index is 13.1. The van der Waals surface area contributed by atoms with Crippen molar-refractivity contribution in [2.45, 2.75) is 16.2 Å². The van der Waals surface area contributed by atoms with Gasteiger partial charge in [0.25, 0.3) is 0 Å². The molecule has 0 saturated heterocycles. The highest BCUT2D eigenvalue weighted by atomic mass is 32.2. The van der Waals surface area contributed by atoms with Crippen LogP contribution in [0.3, 0.4) is 0 Å². The Morgan fingerprint density at radius 1 is 1.33 bits per heavy atom. The van der Waals surface area contributed by atoms with Crippen molar-refractivity contribution in [2.75, 3.05) is 20.2 Å². The number of nitrogens with zero attached hydrogens (tertiary/aromatic N) is 1. The molecule has 6 nitrogen and oxygen atoms in total. The molecule has 1 heterocycles. The summed E-state index contributed by atoms with van der Waals surface area (Å²) in [6.07, 6.45) is 1.23. The van der Waals surface area contributed by atoms with Gasteiger partial charge in [-0.3, -0.25) is 0 Å². The lowest BCUT2D eigenvalue weighted by Gasteiger charge is -2.27. The Labute approximate surface area is 159 Å². The minimum Gasteiger partial charge on any atom is -0.486 e. The van der Waals surface area contributed by atoms with Crippen LogP contribution < -0.4 is 14.8 Å². The van der Waals surface area contributed by atoms with Crippen LogP contribution >= 0.6 is 0 Å². The van der Waals surface area contributed by atoms with Crippen LogP contribution in [0.1, 0.15) is 16.4 Å². The van der Waals surface area contributed by atoms with Gasteiger partial charge in [0.2, 0.25) is 0 Å². The van der Waals surface area contributed by atoms with E-state index in [4.69, 9.17) is 14.7 Å². The molecule has 2 aromatic carbocycles. The van der Waals surface area contributed by atoms with Gasteiger partial charge in [0, 0.05) is 6.54 Å². The fourth-order valence-electron chi connectivity index (χ4n) is 2.97. The Bertz CT molecular complexity index is 995. The molecule has 0 spiro atoms. The summed E-state index contributed by atoms with van der Waals surface area (Å²) in [7, 11) is -1.94. The topological polar surface area (TPSA) is 88.4 Å². The molecule has 1 aliphatic rings. The molecule has 0 aliphatic carbocycles. The number of sulfone groups is 1. The summed E-state index contributed by atoms with van der Waals surface area (Å²) in [5.41, 5.74) is 0.816. The molecule has 0 radical (unpaired) electrons. The SMILES string of the molecule is C=CC(c1ccc2c(c1)OC(CNC)CO2)S(=O)(=O)c1cccc(C#N)c1. The number of fused-ring (bicyclic) bond motifs is 1. The molecule has 3 rings (SSSR count). The molecule has 1 aliphatic heterocycles. The summed E-state index contributed by atoms with van der Waals surface area (Å²) in [6.45, 7) is 4.75. The van der Waals surface area contributed by atoms with E-state index in [0.717, 1.165) is 0 Å². The maximum absolute atomic E-state index is 13.1. The number of hydrogen-bond acceptors (Lipinski definition) is 6. The largest absolute Gasteiger partial charge is 0.486 e. The monoisotopic (exact) mass is 384 g/mol. The highest BCUT2D eigenvalue weighted by Crippen LogP contribution is 2.38. The molecule has 0 amide bonds. The molecule has 0 aromatic heterocycles. The zero-order valence-electron chi connectivity index (χ0n) is 14.9. The second-order valence-electron chi connectivity index (χ2n) is 6.16. The first-order chi connectivity index (χ1) is 13.0. The van der Waals surface area contributed by atoms with Crippen LogP contribution in [0.2, 0.25) is 0 Å². The van der Waals surface area contributed by atoms with Crippen molar-refractivity contribution in [2.24, 2.45) is 0 Å². The van der Waals surface area contributed by atoms with E-state index in [9.17, 15) is 8.42 Å². The molecule has 140 valence electrons. The normalized spacial score (nSPS) is 17.0. The minimum absolute atomic E-state index is 0.0781. The molecular weight excluding hydrogens is 364 g/mol. The predicted molar refractivity (Wildman–Crippen MR) is 102 cm³/mol. The predicted octanol–water partition coefficient (Wildman–Crippen LogP) is 2.62. The Morgan fingerprint density at radius 2 is 2.15 bits per heavy atom. The van der Waals surface area contributed by atoms with Crippen LogP contribution in [0.15, 0.2) is 60.0 Å². The average Bonchev–Trinajstić information content (AvgIpc) is 2.68. The van der Waals surface area contributed by atoms with Crippen LogP contribution in [0.5, 0.6) is 11.5 Å². The zero-order valence-corrected chi connectivity index (χ0v) is 15.7. The third kappa shape index (κ3) is 3.82. The van der Waals surface area contributed by atoms with Gasteiger partial charge >= 0.3 is 0 Å². The molecule has 0 saturated carbocycles. The summed E-state index contributed by atoms with van der Waals surface area (Å²) < 4.78 is 37.8. The highest BCUT2D eigenvalue weighted by molar-refractivity contribution is 7.91. The quantitative estimate of drug-likeness (QED) is 0.770. The van der Waals surface area contributed by atoms with E-state index in [2.05, 4.69) is 11.9 Å². The lowest BCUT2D eigenvalue weighted by molar-refractivity contribution is 0.0918. The summed E-state index contributed by atoms with van der Waals surface area (Å²) in [6, 6.07) is 13.0. The molecule has 0 fully saturated rings. The first-order valence-corrected chi connectivity index (χ1v) is 9.99. The van der Waals surface area contributed by atoms with Crippen molar-refractivity contribution < 1.29 is 17.9 Å². The van der Waals surface area contributed by atoms with E-state index in [-0.39, 0.29) is 16.6 Å². The van der Waals surface area contributed by atoms with Crippen molar-refractivity contribution in [1.82, 2.24) is 5.32 Å². The van der Waals surface area contributed by atoms with E-state index in [1.165, 1.54) is 18.2 Å². The Hall–Kier alpha value is -2.82. The van der Waals surface area contributed by atoms with Crippen molar-refractivity contribution >= 4 is 9.84 Å². The van der Waals surface area contributed by atoms with Gasteiger partial charge < -0.3 is 14.8 Å². The van der Waals surface area contributed by atoms with Crippen LogP contribution in [-0.2, 0) is 9.84 Å². The van der Waals surface area contributed by atoms with Gasteiger partial charge in [-0.2, -0.15) is 5.26 Å². The van der Waals surface area contributed by atoms with Gasteiger partial charge in [-0.25, -0.2) is 8.42 Å². The van der Waals surface area contributed by atoms with Crippen LogP contribution in [-0.4, -0.2) is 34.7 Å². The standard InChI is InChI=1S/C20H20N2O4S/c1-3-20(27(23,24)17-6-4-5-14(9-17)11-21)15-7-8-18-19(10-15)26-16(12-22-2)13-25-18/h3-10,16,20,22H,1,12-13H2,2H3. The summed E-state index contributed by atoms with van der Waals surface area (Å²) >= 11 is 0. The van der Waals surface area contributed by atoms with E-state index in [1.54, 1.807) is 30.3 Å². The van der Waals surface area contributed by atoms with Crippen LogP contribution in [0.25, 0.3) is 0 Å². The second-order valence-corrected chi connectivity index (χ2v) is 8.22. The maximum Gasteiger partial charge on any atom is 0.188 e. The molecule has 2 aromatic rings. The molecule has 2 unspecified atom stereocenters. The highest BCUT2D eigenvalue weighted by Gasteiger charge is 2.29. The summed E-state index contributed by atoms with van der Waals surface area (Å²) in [4.78, 5) is 0.0781. The van der Waals surface area contributed by atoms with Gasteiger partial charge in [0.05, 0.1) is 16.5 Å². The van der Waals surface area contributed by atoms with Gasteiger partial charge in [0.15, 0.2) is 21.3 Å². The lowest BCUT2D eigenvalue weighted by Crippen LogP contribution is -2.37. The summed E-state index contributed by atoms with van der Waals surface area (Å²) in [5, 5.41) is 11.1. The number of nitriles is 1. The van der Waals surface area contributed by atoms with E-state index < -0.39 is 15.1 Å². The number of likely N-dealkylation sites (N-methyl/N-ethyl adjacent to an activating group) is 1. The molecule has 7 heteroatoms. The van der Waals surface area contributed by atoms with Crippen LogP contribution in [0.4, 0.5) is 0 Å². The molecule has 1 N–H and O–H groups in total. The number of hydrogen-bond donors (Lipinski definition) is 1. The van der Waals surface area contributed by atoms with E-state index >= 15 is 0 Å². The van der Waals surface area contributed by atoms with Gasteiger partial charge in [-0.1, -0.05) is 18.2 Å². The fourth-order valence-corrected chi connectivity index (χ4v) is 4.58. The van der Waals surface area contributed by atoms with Crippen molar-refractivity contribution in [3.63, 3.8) is 0 Å². The smallest absolute Gasteiger partial charge is 0.188 e. The lowest BCUT2D eigenvalue weighted by atomic mass is 10.1. The molecule has 27 heavy (non-hydrogen) atoms.